The first-order valence-electron chi connectivity index (χ1n) is 10.8. The number of hydrogen-bond acceptors (Lipinski definition) is 4. The second-order valence-electron chi connectivity index (χ2n) is 7.14. The van der Waals surface area contributed by atoms with Gasteiger partial charge < -0.3 is 0 Å². The molecule has 157 valence electrons. The Bertz CT molecular complexity index is 410. The van der Waals surface area contributed by atoms with Gasteiger partial charge in [-0.15, -0.1) is 4.33 Å². The Hall–Kier alpha value is 0.610. The molecule has 0 unspecified atom stereocenters. The van der Waals surface area contributed by atoms with Gasteiger partial charge in [0.1, 0.15) is 0 Å². The molecule has 6 heteroatoms. The summed E-state index contributed by atoms with van der Waals surface area (Å²) in [6.45, 7) is 4.58. The molecular weight excluding hydrogens is 371 g/mol. The van der Waals surface area contributed by atoms with Crippen molar-refractivity contribution < 1.29 is 17.6 Å². The zero-order chi connectivity index (χ0) is 19.3. The van der Waals surface area contributed by atoms with E-state index >= 15 is 0 Å². The van der Waals surface area contributed by atoms with Gasteiger partial charge in [0.2, 0.25) is 0 Å². The van der Waals surface area contributed by atoms with Crippen LogP contribution in [-0.4, -0.2) is 44.6 Å². The fourth-order valence-corrected chi connectivity index (χ4v) is 3.45. The summed E-state index contributed by atoms with van der Waals surface area (Å²) >= 11 is 0. The van der Waals surface area contributed by atoms with Crippen molar-refractivity contribution in [3.05, 3.63) is 11.5 Å². The van der Waals surface area contributed by atoms with Crippen LogP contribution in [0.5, 0.6) is 0 Å². The second kappa shape index (κ2) is 22.9. The van der Waals surface area contributed by atoms with Crippen LogP contribution < -0.4 is 0 Å². The van der Waals surface area contributed by atoms with Crippen LogP contribution in [0.2, 0.25) is 0 Å². The van der Waals surface area contributed by atoms with Gasteiger partial charge in [0.05, 0.1) is 12.0 Å². The summed E-state index contributed by atoms with van der Waals surface area (Å²) in [5.74, 6) is 0. The summed E-state index contributed by atoms with van der Waals surface area (Å²) in [5.41, 5.74) is 0. The molecule has 0 saturated carbocycles. The van der Waals surface area contributed by atoms with E-state index in [1.54, 1.807) is 6.08 Å². The molecule has 27 heavy (non-hydrogen) atoms. The Labute approximate surface area is 191 Å². The van der Waals surface area contributed by atoms with Crippen LogP contribution in [0.15, 0.2) is 11.5 Å². The third kappa shape index (κ3) is 24.6. The minimum atomic E-state index is -3.68. The molecule has 0 aromatic carbocycles. The van der Waals surface area contributed by atoms with Crippen LogP contribution in [0.1, 0.15) is 117 Å². The van der Waals surface area contributed by atoms with Crippen molar-refractivity contribution in [2.75, 3.05) is 6.61 Å². The van der Waals surface area contributed by atoms with Crippen molar-refractivity contribution in [3.63, 3.8) is 0 Å². The molecule has 1 radical (unpaired) electrons. The molecule has 0 aromatic rings. The van der Waals surface area contributed by atoms with E-state index in [9.17, 15) is 8.42 Å². The van der Waals surface area contributed by atoms with Crippen LogP contribution in [0.25, 0.3) is 0 Å². The molecular formula is C21H42NaO4S. The third-order valence-corrected chi connectivity index (χ3v) is 5.25. The molecule has 0 atom stereocenters. The monoisotopic (exact) mass is 413 g/mol. The minimum absolute atomic E-state index is 0. The average molecular weight is 414 g/mol. The minimum Gasteiger partial charge on any atom is -0.220 e. The van der Waals surface area contributed by atoms with Gasteiger partial charge in [-0.05, 0) is 12.8 Å². The summed E-state index contributed by atoms with van der Waals surface area (Å²) in [6.07, 6.45) is 21.3. The van der Waals surface area contributed by atoms with Crippen molar-refractivity contribution in [1.82, 2.24) is 0 Å². The maximum absolute atomic E-state index is 11.4. The van der Waals surface area contributed by atoms with E-state index < -0.39 is 10.1 Å². The summed E-state index contributed by atoms with van der Waals surface area (Å²) in [5, 5.41) is 1.07. The van der Waals surface area contributed by atoms with Crippen molar-refractivity contribution in [2.24, 2.45) is 0 Å². The van der Waals surface area contributed by atoms with Crippen molar-refractivity contribution in [1.29, 1.82) is 0 Å². The number of hydrogen-bond donors (Lipinski definition) is 0. The molecule has 4 nitrogen and oxygen atoms in total. The number of allylic oxidation sites excluding steroid dienone is 1. The van der Waals surface area contributed by atoms with Crippen molar-refractivity contribution >= 4 is 39.7 Å². The Morgan fingerprint density at radius 3 is 1.56 bits per heavy atom. The second-order valence-corrected chi connectivity index (χ2v) is 8.53. The van der Waals surface area contributed by atoms with E-state index in [0.717, 1.165) is 31.1 Å². The first-order chi connectivity index (χ1) is 12.6. The number of unbranched alkanes of at least 4 members (excludes halogenated alkanes) is 14. The molecule has 0 bridgehead atoms. The van der Waals surface area contributed by atoms with E-state index in [-0.39, 0.29) is 29.6 Å². The Morgan fingerprint density at radius 1 is 0.667 bits per heavy atom. The first kappa shape index (κ1) is 29.8. The van der Waals surface area contributed by atoms with Gasteiger partial charge in [0.25, 0.3) is 0 Å². The van der Waals surface area contributed by atoms with Gasteiger partial charge >= 0.3 is 10.1 Å². The summed E-state index contributed by atoms with van der Waals surface area (Å²) in [6, 6.07) is 0. The van der Waals surface area contributed by atoms with Crippen molar-refractivity contribution in [2.45, 2.75) is 117 Å². The normalized spacial score (nSPS) is 11.8. The molecule has 0 aliphatic carbocycles. The zero-order valence-electron chi connectivity index (χ0n) is 18.2. The fourth-order valence-electron chi connectivity index (χ4n) is 2.83. The van der Waals surface area contributed by atoms with E-state index in [0.29, 0.717) is 6.61 Å². The Morgan fingerprint density at radius 2 is 1.11 bits per heavy atom. The molecule has 0 heterocycles. The van der Waals surface area contributed by atoms with E-state index in [1.807, 2.05) is 6.92 Å². The van der Waals surface area contributed by atoms with Gasteiger partial charge in [0.15, 0.2) is 0 Å². The van der Waals surface area contributed by atoms with Crippen LogP contribution >= 0.6 is 0 Å². The van der Waals surface area contributed by atoms with Gasteiger partial charge in [-0.1, -0.05) is 110 Å². The average Bonchev–Trinajstić information content (AvgIpc) is 2.61. The summed E-state index contributed by atoms with van der Waals surface area (Å²) in [4.78, 5) is 4.80. The quantitative estimate of drug-likeness (QED) is 0.0967. The Kier molecular flexibility index (Phi) is 25.3. The first-order valence-corrected chi connectivity index (χ1v) is 12.3. The van der Waals surface area contributed by atoms with Gasteiger partial charge in [-0.25, -0.2) is 4.89 Å². The van der Waals surface area contributed by atoms with Crippen LogP contribution in [0.4, 0.5) is 0 Å². The largest absolute Gasteiger partial charge is 0.315 e. The maximum Gasteiger partial charge on any atom is 0.315 e. The molecule has 0 fully saturated rings. The van der Waals surface area contributed by atoms with Crippen LogP contribution in [0.3, 0.4) is 0 Å². The number of rotatable bonds is 20. The Balaban J connectivity index is 0. The maximum atomic E-state index is 11.4. The predicted molar refractivity (Wildman–Crippen MR) is 116 cm³/mol. The molecule has 0 spiro atoms. The van der Waals surface area contributed by atoms with Gasteiger partial charge in [-0.3, -0.25) is 0 Å². The molecule has 0 aliphatic heterocycles. The van der Waals surface area contributed by atoms with E-state index in [4.69, 9.17) is 4.89 Å². The molecule has 0 rings (SSSR count). The fraction of sp³-hybridized carbons (Fsp3) is 0.905. The standard InChI is InChI=1S/C21H42O4S.Na/c1-3-5-7-8-9-10-11-12-13-14-15-16-17-18-20-24-25-26(22,23)21-19-6-4-2;/h19,21H,3-18,20H2,1-2H3;. The molecule has 0 saturated heterocycles. The van der Waals surface area contributed by atoms with Crippen LogP contribution in [0, 0.1) is 0 Å². The van der Waals surface area contributed by atoms with Gasteiger partial charge in [0, 0.05) is 29.6 Å². The van der Waals surface area contributed by atoms with Crippen LogP contribution in [-0.2, 0) is 19.3 Å². The van der Waals surface area contributed by atoms with Gasteiger partial charge in [-0.2, -0.15) is 8.42 Å². The van der Waals surface area contributed by atoms with E-state index in [2.05, 4.69) is 11.3 Å². The molecule has 0 aromatic heterocycles. The smallest absolute Gasteiger partial charge is 0.220 e. The predicted octanol–water partition coefficient (Wildman–Crippen LogP) is 6.68. The summed E-state index contributed by atoms with van der Waals surface area (Å²) in [7, 11) is -3.68. The SMILES string of the molecule is CCCC=CS(=O)(=O)OOCCCCCCCCCCCCCCCC.[Na]. The molecule has 0 amide bonds. The topological polar surface area (TPSA) is 52.6 Å². The molecule has 0 aliphatic rings. The third-order valence-electron chi connectivity index (χ3n) is 4.44. The zero-order valence-corrected chi connectivity index (χ0v) is 21.0. The molecule has 0 N–H and O–H groups in total. The summed E-state index contributed by atoms with van der Waals surface area (Å²) < 4.78 is 27.3. The van der Waals surface area contributed by atoms with Crippen molar-refractivity contribution in [3.8, 4) is 0 Å². The van der Waals surface area contributed by atoms with E-state index in [1.165, 1.54) is 77.0 Å².